The van der Waals surface area contributed by atoms with Gasteiger partial charge in [-0.05, 0) is 55.0 Å². The van der Waals surface area contributed by atoms with E-state index >= 15 is 0 Å². The number of benzene rings is 2. The van der Waals surface area contributed by atoms with Crippen molar-refractivity contribution in [3.05, 3.63) is 58.7 Å². The molecule has 0 aliphatic rings. The van der Waals surface area contributed by atoms with E-state index in [2.05, 4.69) is 119 Å². The summed E-state index contributed by atoms with van der Waals surface area (Å²) in [5.74, 6) is 0. The Kier molecular flexibility index (Phi) is 5.72. The highest BCUT2D eigenvalue weighted by molar-refractivity contribution is 5.71. The molecule has 0 aliphatic heterocycles. The molecule has 154 valence electrons. The summed E-state index contributed by atoms with van der Waals surface area (Å²) in [6.07, 6.45) is 0. The lowest BCUT2D eigenvalue weighted by molar-refractivity contribution is 0.567. The molecule has 0 saturated heterocycles. The summed E-state index contributed by atoms with van der Waals surface area (Å²) in [5, 5.41) is 0. The van der Waals surface area contributed by atoms with Crippen molar-refractivity contribution in [2.45, 2.75) is 105 Å². The fourth-order valence-corrected chi connectivity index (χ4v) is 3.53. The van der Waals surface area contributed by atoms with Gasteiger partial charge in [-0.2, -0.15) is 0 Å². The van der Waals surface area contributed by atoms with Gasteiger partial charge in [0.05, 0.1) is 0 Å². The summed E-state index contributed by atoms with van der Waals surface area (Å²) in [5.41, 5.74) is 8.89. The first-order valence-corrected chi connectivity index (χ1v) is 10.7. The fraction of sp³-hybridized carbons (Fsp3) is 0.571. The van der Waals surface area contributed by atoms with Gasteiger partial charge in [-0.25, -0.2) is 0 Å². The molecule has 0 radical (unpaired) electrons. The minimum Gasteiger partial charge on any atom is -0.0579 e. The van der Waals surface area contributed by atoms with Crippen molar-refractivity contribution in [1.29, 1.82) is 0 Å². The third-order valence-corrected chi connectivity index (χ3v) is 5.67. The molecule has 0 heteroatoms. The van der Waals surface area contributed by atoms with Crippen LogP contribution in [-0.4, -0.2) is 0 Å². The van der Waals surface area contributed by atoms with Gasteiger partial charge in [0.2, 0.25) is 0 Å². The lowest BCUT2D eigenvalue weighted by Crippen LogP contribution is -2.19. The molecule has 0 N–H and O–H groups in total. The molecular weight excluding hydrogens is 336 g/mol. The third-order valence-electron chi connectivity index (χ3n) is 5.67. The Morgan fingerprint density at radius 3 is 1.21 bits per heavy atom. The van der Waals surface area contributed by atoms with Crippen LogP contribution in [0, 0.1) is 0 Å². The van der Waals surface area contributed by atoms with Gasteiger partial charge in [0.15, 0.2) is 0 Å². The SMILES string of the molecule is CC(C)(C)c1cc(-c2ccc(C(C)(C)C)cc2C(C)(C)C)cc(C(C)(C)C)c1. The highest BCUT2D eigenvalue weighted by atomic mass is 14.3. The summed E-state index contributed by atoms with van der Waals surface area (Å²) >= 11 is 0. The minimum absolute atomic E-state index is 0.0935. The van der Waals surface area contributed by atoms with Crippen molar-refractivity contribution in [1.82, 2.24) is 0 Å². The van der Waals surface area contributed by atoms with Gasteiger partial charge in [-0.15, -0.1) is 0 Å². The first-order chi connectivity index (χ1) is 12.4. The van der Waals surface area contributed by atoms with Crippen molar-refractivity contribution in [3.63, 3.8) is 0 Å². The van der Waals surface area contributed by atoms with Crippen molar-refractivity contribution >= 4 is 0 Å². The summed E-state index contributed by atoms with van der Waals surface area (Å²) in [7, 11) is 0. The zero-order chi connectivity index (χ0) is 21.7. The van der Waals surface area contributed by atoms with E-state index in [-0.39, 0.29) is 21.7 Å². The van der Waals surface area contributed by atoms with Crippen LogP contribution in [-0.2, 0) is 21.7 Å². The molecule has 0 aromatic heterocycles. The van der Waals surface area contributed by atoms with E-state index in [1.54, 1.807) is 0 Å². The standard InChI is InChI=1S/C28H42/c1-25(2,3)20-13-14-23(24(18-20)28(10,11)12)19-15-21(26(4,5)6)17-22(16-19)27(7,8)9/h13-18H,1-12H3. The topological polar surface area (TPSA) is 0 Å². The van der Waals surface area contributed by atoms with Crippen LogP contribution in [0.15, 0.2) is 36.4 Å². The number of rotatable bonds is 1. The summed E-state index contributed by atoms with van der Waals surface area (Å²) in [6, 6.07) is 14.4. The first kappa shape index (κ1) is 22.7. The average Bonchev–Trinajstić information content (AvgIpc) is 2.50. The molecule has 0 spiro atoms. The molecule has 0 amide bonds. The second kappa shape index (κ2) is 7.05. The van der Waals surface area contributed by atoms with Crippen LogP contribution in [0.25, 0.3) is 11.1 Å². The Labute approximate surface area is 174 Å². The monoisotopic (exact) mass is 378 g/mol. The van der Waals surface area contributed by atoms with E-state index in [0.29, 0.717) is 0 Å². The predicted molar refractivity (Wildman–Crippen MR) is 127 cm³/mol. The van der Waals surface area contributed by atoms with Gasteiger partial charge in [0.25, 0.3) is 0 Å². The zero-order valence-corrected chi connectivity index (χ0v) is 20.5. The molecular formula is C28H42. The predicted octanol–water partition coefficient (Wildman–Crippen LogP) is 8.54. The van der Waals surface area contributed by atoms with E-state index in [4.69, 9.17) is 0 Å². The quantitative estimate of drug-likeness (QED) is 0.466. The molecule has 2 aromatic rings. The van der Waals surface area contributed by atoms with Crippen LogP contribution < -0.4 is 0 Å². The van der Waals surface area contributed by atoms with Gasteiger partial charge in [0, 0.05) is 0 Å². The Morgan fingerprint density at radius 2 is 0.857 bits per heavy atom. The lowest BCUT2D eigenvalue weighted by Gasteiger charge is -2.30. The van der Waals surface area contributed by atoms with E-state index in [1.165, 1.54) is 33.4 Å². The smallest absolute Gasteiger partial charge is 0.0126 e. The van der Waals surface area contributed by atoms with Gasteiger partial charge >= 0.3 is 0 Å². The molecule has 0 atom stereocenters. The first-order valence-electron chi connectivity index (χ1n) is 10.7. The lowest BCUT2D eigenvalue weighted by atomic mass is 9.75. The fourth-order valence-electron chi connectivity index (χ4n) is 3.53. The maximum Gasteiger partial charge on any atom is -0.0126 e. The Bertz CT molecular complexity index is 805. The highest BCUT2D eigenvalue weighted by Gasteiger charge is 2.25. The highest BCUT2D eigenvalue weighted by Crippen LogP contribution is 2.39. The van der Waals surface area contributed by atoms with Crippen LogP contribution >= 0.6 is 0 Å². The molecule has 0 nitrogen and oxygen atoms in total. The molecule has 0 aliphatic carbocycles. The van der Waals surface area contributed by atoms with Gasteiger partial charge < -0.3 is 0 Å². The van der Waals surface area contributed by atoms with Crippen LogP contribution in [0.5, 0.6) is 0 Å². The molecule has 2 rings (SSSR count). The second-order valence-electron chi connectivity index (χ2n) is 12.6. The van der Waals surface area contributed by atoms with Gasteiger partial charge in [-0.3, -0.25) is 0 Å². The molecule has 2 aromatic carbocycles. The largest absolute Gasteiger partial charge is 0.0579 e. The normalized spacial score (nSPS) is 13.7. The Morgan fingerprint density at radius 1 is 0.429 bits per heavy atom. The van der Waals surface area contributed by atoms with E-state index < -0.39 is 0 Å². The molecule has 0 bridgehead atoms. The molecule has 0 fully saturated rings. The summed E-state index contributed by atoms with van der Waals surface area (Å²) in [4.78, 5) is 0. The number of hydrogen-bond acceptors (Lipinski definition) is 0. The molecule has 0 unspecified atom stereocenters. The Balaban J connectivity index is 2.83. The Hall–Kier alpha value is -1.56. The van der Waals surface area contributed by atoms with Crippen LogP contribution in [0.4, 0.5) is 0 Å². The van der Waals surface area contributed by atoms with Gasteiger partial charge in [-0.1, -0.05) is 119 Å². The number of hydrogen-bond donors (Lipinski definition) is 0. The van der Waals surface area contributed by atoms with Crippen molar-refractivity contribution in [3.8, 4) is 11.1 Å². The van der Waals surface area contributed by atoms with E-state index in [9.17, 15) is 0 Å². The third kappa shape index (κ3) is 5.07. The van der Waals surface area contributed by atoms with Crippen LogP contribution in [0.3, 0.4) is 0 Å². The van der Waals surface area contributed by atoms with Crippen LogP contribution in [0.2, 0.25) is 0 Å². The van der Waals surface area contributed by atoms with Crippen molar-refractivity contribution in [2.75, 3.05) is 0 Å². The van der Waals surface area contributed by atoms with Gasteiger partial charge in [0.1, 0.15) is 0 Å². The zero-order valence-electron chi connectivity index (χ0n) is 20.5. The second-order valence-corrected chi connectivity index (χ2v) is 12.6. The van der Waals surface area contributed by atoms with Crippen LogP contribution in [0.1, 0.15) is 105 Å². The molecule has 28 heavy (non-hydrogen) atoms. The van der Waals surface area contributed by atoms with Crippen molar-refractivity contribution in [2.24, 2.45) is 0 Å². The maximum atomic E-state index is 2.44. The maximum absolute atomic E-state index is 2.44. The molecule has 0 heterocycles. The van der Waals surface area contributed by atoms with E-state index in [0.717, 1.165) is 0 Å². The van der Waals surface area contributed by atoms with Crippen molar-refractivity contribution < 1.29 is 0 Å². The summed E-state index contributed by atoms with van der Waals surface area (Å²) in [6.45, 7) is 27.8. The van der Waals surface area contributed by atoms with E-state index in [1.807, 2.05) is 0 Å². The minimum atomic E-state index is 0.0935. The average molecular weight is 379 g/mol. The molecule has 0 saturated carbocycles. The summed E-state index contributed by atoms with van der Waals surface area (Å²) < 4.78 is 0.